The molecule has 1 aliphatic rings. The molecule has 0 aliphatic carbocycles. The molecule has 0 bridgehead atoms. The van der Waals surface area contributed by atoms with Crippen LogP contribution in [0.4, 0.5) is 13.2 Å². The van der Waals surface area contributed by atoms with Gasteiger partial charge in [-0.25, -0.2) is 9.53 Å². The molecule has 0 spiro atoms. The SMILES string of the molecule is CC1(F)OC(F)(F)OC1=O. The van der Waals surface area contributed by atoms with E-state index in [1.807, 2.05) is 0 Å². The number of hydrogen-bond acceptors (Lipinski definition) is 3. The highest BCUT2D eigenvalue weighted by atomic mass is 19.3. The third kappa shape index (κ3) is 1.06. The van der Waals surface area contributed by atoms with Crippen LogP contribution in [0, 0.1) is 0 Å². The molecule has 58 valence electrons. The molecule has 0 aromatic carbocycles. The average Bonchev–Trinajstić information content (AvgIpc) is 1.73. The lowest BCUT2D eigenvalue weighted by Crippen LogP contribution is -2.26. The molecular formula is C4H3F3O3. The predicted molar refractivity (Wildman–Crippen MR) is 21.6 cm³/mol. The summed E-state index contributed by atoms with van der Waals surface area (Å²) >= 11 is 0. The second-order valence-electron chi connectivity index (χ2n) is 1.87. The number of hydrogen-bond donors (Lipinski definition) is 0. The summed E-state index contributed by atoms with van der Waals surface area (Å²) in [7, 11) is 0. The van der Waals surface area contributed by atoms with Crippen molar-refractivity contribution in [2.24, 2.45) is 0 Å². The van der Waals surface area contributed by atoms with E-state index in [0.29, 0.717) is 6.92 Å². The van der Waals surface area contributed by atoms with Crippen LogP contribution in [0.5, 0.6) is 0 Å². The first kappa shape index (κ1) is 7.33. The van der Waals surface area contributed by atoms with E-state index in [4.69, 9.17) is 0 Å². The van der Waals surface area contributed by atoms with Crippen molar-refractivity contribution in [1.29, 1.82) is 0 Å². The molecule has 1 atom stereocenters. The summed E-state index contributed by atoms with van der Waals surface area (Å²) < 4.78 is 42.4. The number of esters is 1. The van der Waals surface area contributed by atoms with Crippen molar-refractivity contribution in [1.82, 2.24) is 0 Å². The van der Waals surface area contributed by atoms with E-state index in [1.54, 1.807) is 0 Å². The van der Waals surface area contributed by atoms with Gasteiger partial charge in [0.25, 0.3) is 0 Å². The Morgan fingerprint density at radius 2 is 1.90 bits per heavy atom. The van der Waals surface area contributed by atoms with Gasteiger partial charge >= 0.3 is 18.1 Å². The van der Waals surface area contributed by atoms with Gasteiger partial charge in [-0.1, -0.05) is 0 Å². The summed E-state index contributed by atoms with van der Waals surface area (Å²) in [6, 6.07) is 0. The minimum absolute atomic E-state index is 0.552. The van der Waals surface area contributed by atoms with Crippen LogP contribution >= 0.6 is 0 Å². The van der Waals surface area contributed by atoms with E-state index < -0.39 is 18.1 Å². The fraction of sp³-hybridized carbons (Fsp3) is 0.750. The van der Waals surface area contributed by atoms with Gasteiger partial charge < -0.3 is 4.74 Å². The van der Waals surface area contributed by atoms with Crippen molar-refractivity contribution in [2.75, 3.05) is 0 Å². The van der Waals surface area contributed by atoms with E-state index in [1.165, 1.54) is 0 Å². The third-order valence-corrected chi connectivity index (χ3v) is 0.887. The Balaban J connectivity index is 2.81. The molecule has 0 amide bonds. The molecule has 1 rings (SSSR count). The monoisotopic (exact) mass is 156 g/mol. The summed E-state index contributed by atoms with van der Waals surface area (Å²) in [4.78, 5) is 10.1. The highest BCUT2D eigenvalue weighted by Crippen LogP contribution is 2.35. The number of rotatable bonds is 0. The molecule has 10 heavy (non-hydrogen) atoms. The quantitative estimate of drug-likeness (QED) is 0.486. The van der Waals surface area contributed by atoms with Crippen LogP contribution in [0.1, 0.15) is 6.92 Å². The van der Waals surface area contributed by atoms with Gasteiger partial charge in [-0.3, -0.25) is 0 Å². The summed E-state index contributed by atoms with van der Waals surface area (Å²) in [5.41, 5.74) is 0. The van der Waals surface area contributed by atoms with Gasteiger partial charge in [0.1, 0.15) is 0 Å². The highest BCUT2D eigenvalue weighted by Gasteiger charge is 2.58. The van der Waals surface area contributed by atoms with Crippen LogP contribution in [-0.4, -0.2) is 18.1 Å². The fourth-order valence-corrected chi connectivity index (χ4v) is 0.485. The Labute approximate surface area is 53.7 Å². The zero-order valence-corrected chi connectivity index (χ0v) is 4.86. The molecule has 1 saturated heterocycles. The van der Waals surface area contributed by atoms with Crippen molar-refractivity contribution >= 4 is 5.97 Å². The van der Waals surface area contributed by atoms with Crippen molar-refractivity contribution in [3.05, 3.63) is 0 Å². The van der Waals surface area contributed by atoms with Gasteiger partial charge in [-0.2, -0.15) is 4.39 Å². The topological polar surface area (TPSA) is 35.5 Å². The Kier molecular flexibility index (Phi) is 1.19. The molecule has 1 fully saturated rings. The zero-order valence-electron chi connectivity index (χ0n) is 4.86. The van der Waals surface area contributed by atoms with Crippen molar-refractivity contribution in [3.8, 4) is 0 Å². The van der Waals surface area contributed by atoms with Crippen LogP contribution in [0.15, 0.2) is 0 Å². The fourth-order valence-electron chi connectivity index (χ4n) is 0.485. The maximum atomic E-state index is 12.3. The van der Waals surface area contributed by atoms with E-state index in [2.05, 4.69) is 9.47 Å². The largest absolute Gasteiger partial charge is 0.540 e. The molecule has 1 unspecified atom stereocenters. The van der Waals surface area contributed by atoms with Crippen LogP contribution in [-0.2, 0) is 14.3 Å². The van der Waals surface area contributed by atoms with Gasteiger partial charge in [0, 0.05) is 6.92 Å². The molecule has 0 aromatic rings. The molecule has 0 radical (unpaired) electrons. The van der Waals surface area contributed by atoms with Crippen LogP contribution in [0.2, 0.25) is 0 Å². The standard InChI is InChI=1S/C4H3F3O3/c1-3(5)2(8)9-4(6,7)10-3/h1H3. The maximum absolute atomic E-state index is 12.3. The molecule has 0 saturated carbocycles. The van der Waals surface area contributed by atoms with Crippen LogP contribution < -0.4 is 0 Å². The maximum Gasteiger partial charge on any atom is 0.540 e. The molecular weight excluding hydrogens is 153 g/mol. The second kappa shape index (κ2) is 1.63. The first-order chi connectivity index (χ1) is 4.33. The second-order valence-corrected chi connectivity index (χ2v) is 1.87. The number of cyclic esters (lactones) is 1. The smallest absolute Gasteiger partial charge is 0.372 e. The van der Waals surface area contributed by atoms with E-state index in [0.717, 1.165) is 0 Å². The summed E-state index contributed by atoms with van der Waals surface area (Å²) in [5, 5.41) is 0. The number of halogens is 3. The molecule has 3 nitrogen and oxygen atoms in total. The molecule has 6 heteroatoms. The van der Waals surface area contributed by atoms with Gasteiger partial charge in [0.05, 0.1) is 0 Å². The predicted octanol–water partition coefficient (Wildman–Crippen LogP) is 0.796. The molecule has 1 heterocycles. The zero-order chi connectivity index (χ0) is 7.99. The number of alkyl halides is 3. The van der Waals surface area contributed by atoms with Gasteiger partial charge in [0.2, 0.25) is 0 Å². The molecule has 1 aliphatic heterocycles. The number of ether oxygens (including phenoxy) is 2. The average molecular weight is 156 g/mol. The molecule has 0 aromatic heterocycles. The van der Waals surface area contributed by atoms with Gasteiger partial charge in [0.15, 0.2) is 0 Å². The third-order valence-electron chi connectivity index (χ3n) is 0.887. The van der Waals surface area contributed by atoms with Crippen molar-refractivity contribution in [3.63, 3.8) is 0 Å². The van der Waals surface area contributed by atoms with Crippen LogP contribution in [0.25, 0.3) is 0 Å². The number of carbonyl (C=O) groups is 1. The van der Waals surface area contributed by atoms with Crippen LogP contribution in [0.3, 0.4) is 0 Å². The van der Waals surface area contributed by atoms with E-state index >= 15 is 0 Å². The van der Waals surface area contributed by atoms with E-state index in [-0.39, 0.29) is 0 Å². The van der Waals surface area contributed by atoms with Crippen molar-refractivity contribution < 1.29 is 27.4 Å². The lowest BCUT2D eigenvalue weighted by Gasteiger charge is -2.05. The Morgan fingerprint density at radius 3 is 2.00 bits per heavy atom. The van der Waals surface area contributed by atoms with Gasteiger partial charge in [-0.05, 0) is 0 Å². The summed E-state index contributed by atoms with van der Waals surface area (Å²) in [5.74, 6) is -4.73. The van der Waals surface area contributed by atoms with Gasteiger partial charge in [-0.15, -0.1) is 8.78 Å². The normalized spacial score (nSPS) is 37.8. The minimum Gasteiger partial charge on any atom is -0.372 e. The lowest BCUT2D eigenvalue weighted by atomic mass is 10.4. The Bertz CT molecular complexity index is 177. The lowest BCUT2D eigenvalue weighted by molar-refractivity contribution is -0.363. The first-order valence-corrected chi connectivity index (χ1v) is 2.34. The number of carbonyl (C=O) groups excluding carboxylic acids is 1. The minimum atomic E-state index is -4.12. The molecule has 0 N–H and O–H groups in total. The Hall–Kier alpha value is -0.780. The van der Waals surface area contributed by atoms with Crippen molar-refractivity contribution in [2.45, 2.75) is 19.1 Å². The summed E-state index contributed by atoms with van der Waals surface area (Å²) in [6.45, 7) is 0.552. The Morgan fingerprint density at radius 1 is 1.40 bits per heavy atom. The first-order valence-electron chi connectivity index (χ1n) is 2.34. The van der Waals surface area contributed by atoms with E-state index in [9.17, 15) is 18.0 Å². The highest BCUT2D eigenvalue weighted by molar-refractivity contribution is 5.78. The summed E-state index contributed by atoms with van der Waals surface area (Å²) in [6.07, 6.45) is -4.12.